The van der Waals surface area contributed by atoms with Crippen LogP contribution in [0.15, 0.2) is 18.2 Å². The first kappa shape index (κ1) is 11.3. The van der Waals surface area contributed by atoms with Crippen molar-refractivity contribution in [3.8, 4) is 0 Å². The Morgan fingerprint density at radius 2 is 2.19 bits per heavy atom. The largest absolute Gasteiger partial charge is 0.385 e. The van der Waals surface area contributed by atoms with Crippen molar-refractivity contribution < 1.29 is 0 Å². The Bertz CT molecular complexity index is 358. The molecular weight excluding hydrogens is 196 g/mol. The van der Waals surface area contributed by atoms with Crippen LogP contribution in [0.25, 0.3) is 0 Å². The molecule has 1 N–H and O–H groups in total. The first-order valence-electron chi connectivity index (χ1n) is 6.25. The minimum atomic E-state index is 0.771. The van der Waals surface area contributed by atoms with Gasteiger partial charge >= 0.3 is 0 Å². The molecule has 0 amide bonds. The van der Waals surface area contributed by atoms with Gasteiger partial charge in [0.1, 0.15) is 0 Å². The second-order valence-electron chi connectivity index (χ2n) is 5.12. The fourth-order valence-corrected chi connectivity index (χ4v) is 2.18. The molecule has 0 unspecified atom stereocenters. The molecule has 0 saturated carbocycles. The van der Waals surface area contributed by atoms with E-state index in [2.05, 4.69) is 49.3 Å². The Morgan fingerprint density at radius 3 is 2.94 bits per heavy atom. The van der Waals surface area contributed by atoms with Gasteiger partial charge in [0.25, 0.3) is 0 Å². The molecule has 0 spiro atoms. The molecule has 1 aromatic rings. The van der Waals surface area contributed by atoms with Crippen molar-refractivity contribution in [2.75, 3.05) is 30.4 Å². The molecule has 16 heavy (non-hydrogen) atoms. The van der Waals surface area contributed by atoms with E-state index in [1.807, 2.05) is 0 Å². The lowest BCUT2D eigenvalue weighted by Crippen LogP contribution is -2.12. The van der Waals surface area contributed by atoms with Gasteiger partial charge in [-0.05, 0) is 42.5 Å². The molecule has 1 aliphatic rings. The number of nitrogens with one attached hydrogen (secondary N) is 1. The highest BCUT2D eigenvalue weighted by Gasteiger charge is 2.15. The maximum atomic E-state index is 3.50. The zero-order chi connectivity index (χ0) is 11.5. The molecule has 0 atom stereocenters. The van der Waals surface area contributed by atoms with E-state index in [9.17, 15) is 0 Å². The third-order valence-electron chi connectivity index (χ3n) is 3.26. The minimum absolute atomic E-state index is 0.771. The molecule has 2 nitrogen and oxygen atoms in total. The van der Waals surface area contributed by atoms with Crippen molar-refractivity contribution in [1.82, 2.24) is 0 Å². The molecular formula is C14H22N2. The molecule has 2 heteroatoms. The van der Waals surface area contributed by atoms with Crippen LogP contribution < -0.4 is 10.2 Å². The van der Waals surface area contributed by atoms with E-state index in [0.29, 0.717) is 0 Å². The van der Waals surface area contributed by atoms with Crippen LogP contribution in [0.5, 0.6) is 0 Å². The summed E-state index contributed by atoms with van der Waals surface area (Å²) in [6.45, 7) is 6.76. The van der Waals surface area contributed by atoms with Gasteiger partial charge in [-0.3, -0.25) is 0 Å². The number of hydrogen-bond donors (Lipinski definition) is 1. The molecule has 0 radical (unpaired) electrons. The quantitative estimate of drug-likeness (QED) is 0.835. The Kier molecular flexibility index (Phi) is 3.37. The normalized spacial score (nSPS) is 14.4. The zero-order valence-electron chi connectivity index (χ0n) is 10.6. The lowest BCUT2D eigenvalue weighted by Gasteiger charge is -2.13. The van der Waals surface area contributed by atoms with Gasteiger partial charge in [-0.1, -0.05) is 13.8 Å². The van der Waals surface area contributed by atoms with Crippen molar-refractivity contribution in [1.29, 1.82) is 0 Å². The molecule has 0 saturated heterocycles. The van der Waals surface area contributed by atoms with Crippen molar-refractivity contribution in [2.45, 2.75) is 26.7 Å². The Morgan fingerprint density at radius 1 is 1.38 bits per heavy atom. The topological polar surface area (TPSA) is 15.3 Å². The van der Waals surface area contributed by atoms with Gasteiger partial charge in [-0.2, -0.15) is 0 Å². The lowest BCUT2D eigenvalue weighted by atomic mass is 10.1. The van der Waals surface area contributed by atoms with Gasteiger partial charge in [0, 0.05) is 31.5 Å². The number of nitrogens with zero attached hydrogens (tertiary/aromatic N) is 1. The summed E-state index contributed by atoms with van der Waals surface area (Å²) in [5, 5.41) is 3.50. The van der Waals surface area contributed by atoms with E-state index in [4.69, 9.17) is 0 Å². The maximum Gasteiger partial charge on any atom is 0.0398 e. The fourth-order valence-electron chi connectivity index (χ4n) is 2.18. The van der Waals surface area contributed by atoms with Gasteiger partial charge in [0.15, 0.2) is 0 Å². The molecule has 1 aliphatic heterocycles. The number of rotatable bonds is 4. The van der Waals surface area contributed by atoms with E-state index < -0.39 is 0 Å². The third kappa shape index (κ3) is 2.49. The highest BCUT2D eigenvalue weighted by Crippen LogP contribution is 2.29. The summed E-state index contributed by atoms with van der Waals surface area (Å²) in [5.41, 5.74) is 4.15. The smallest absolute Gasteiger partial charge is 0.0398 e. The second kappa shape index (κ2) is 4.77. The fraction of sp³-hybridized carbons (Fsp3) is 0.571. The zero-order valence-corrected chi connectivity index (χ0v) is 10.6. The Labute approximate surface area is 98.7 Å². The summed E-state index contributed by atoms with van der Waals surface area (Å²) in [7, 11) is 2.16. The number of benzene rings is 1. The second-order valence-corrected chi connectivity index (χ2v) is 5.12. The maximum absolute atomic E-state index is 3.50. The van der Waals surface area contributed by atoms with Crippen LogP contribution in [0, 0.1) is 5.92 Å². The average molecular weight is 218 g/mol. The van der Waals surface area contributed by atoms with Gasteiger partial charge < -0.3 is 10.2 Å². The molecule has 0 fully saturated rings. The highest BCUT2D eigenvalue weighted by atomic mass is 15.1. The molecule has 1 heterocycles. The first-order chi connectivity index (χ1) is 7.66. The summed E-state index contributed by atoms with van der Waals surface area (Å²) < 4.78 is 0. The van der Waals surface area contributed by atoms with Crippen molar-refractivity contribution in [3.05, 3.63) is 23.8 Å². The van der Waals surface area contributed by atoms with Gasteiger partial charge in [0.05, 0.1) is 0 Å². The summed E-state index contributed by atoms with van der Waals surface area (Å²) in [5.74, 6) is 0.771. The SMILES string of the molecule is CC(C)CCNc1ccc2c(c1)CCN2C. The number of likely N-dealkylation sites (N-methyl/N-ethyl adjacent to an activating group) is 1. The predicted molar refractivity (Wildman–Crippen MR) is 71.4 cm³/mol. The summed E-state index contributed by atoms with van der Waals surface area (Å²) >= 11 is 0. The highest BCUT2D eigenvalue weighted by molar-refractivity contribution is 5.63. The molecule has 88 valence electrons. The van der Waals surface area contributed by atoms with Crippen LogP contribution in [-0.2, 0) is 6.42 Å². The summed E-state index contributed by atoms with van der Waals surface area (Å²) in [4.78, 5) is 2.33. The predicted octanol–water partition coefficient (Wildman–Crippen LogP) is 3.14. The van der Waals surface area contributed by atoms with Crippen LogP contribution in [-0.4, -0.2) is 20.1 Å². The van der Waals surface area contributed by atoms with Crippen LogP contribution in [0.3, 0.4) is 0 Å². The summed E-state index contributed by atoms with van der Waals surface area (Å²) in [6, 6.07) is 6.74. The average Bonchev–Trinajstić information content (AvgIpc) is 2.60. The van der Waals surface area contributed by atoms with E-state index in [-0.39, 0.29) is 0 Å². The minimum Gasteiger partial charge on any atom is -0.385 e. The molecule has 0 bridgehead atoms. The van der Waals surface area contributed by atoms with Crippen molar-refractivity contribution in [2.24, 2.45) is 5.92 Å². The standard InChI is InChI=1S/C14H22N2/c1-11(2)6-8-15-13-4-5-14-12(10-13)7-9-16(14)3/h4-5,10-11,15H,6-9H2,1-3H3. The molecule has 1 aromatic carbocycles. The third-order valence-corrected chi connectivity index (χ3v) is 3.26. The molecule has 0 aromatic heterocycles. The van der Waals surface area contributed by atoms with Crippen molar-refractivity contribution in [3.63, 3.8) is 0 Å². The van der Waals surface area contributed by atoms with E-state index >= 15 is 0 Å². The van der Waals surface area contributed by atoms with Crippen LogP contribution in [0.2, 0.25) is 0 Å². The van der Waals surface area contributed by atoms with E-state index in [0.717, 1.165) is 19.0 Å². The van der Waals surface area contributed by atoms with Crippen LogP contribution in [0.1, 0.15) is 25.8 Å². The molecule has 2 rings (SSSR count). The van der Waals surface area contributed by atoms with Gasteiger partial charge in [-0.25, -0.2) is 0 Å². The number of fused-ring (bicyclic) bond motifs is 1. The number of anilines is 2. The van der Waals surface area contributed by atoms with E-state index in [1.165, 1.54) is 29.8 Å². The lowest BCUT2D eigenvalue weighted by molar-refractivity contribution is 0.607. The van der Waals surface area contributed by atoms with Gasteiger partial charge in [0.2, 0.25) is 0 Å². The molecule has 0 aliphatic carbocycles. The summed E-state index contributed by atoms with van der Waals surface area (Å²) in [6.07, 6.45) is 2.42. The Hall–Kier alpha value is -1.18. The van der Waals surface area contributed by atoms with E-state index in [1.54, 1.807) is 0 Å². The van der Waals surface area contributed by atoms with Crippen LogP contribution in [0.4, 0.5) is 11.4 Å². The van der Waals surface area contributed by atoms with Crippen LogP contribution >= 0.6 is 0 Å². The monoisotopic (exact) mass is 218 g/mol. The Balaban J connectivity index is 1.97. The first-order valence-corrected chi connectivity index (χ1v) is 6.25. The number of hydrogen-bond acceptors (Lipinski definition) is 2. The van der Waals surface area contributed by atoms with Crippen molar-refractivity contribution >= 4 is 11.4 Å². The van der Waals surface area contributed by atoms with Gasteiger partial charge in [-0.15, -0.1) is 0 Å².